The third-order valence-electron chi connectivity index (χ3n) is 6.60. The predicted octanol–water partition coefficient (Wildman–Crippen LogP) is 5.61. The summed E-state index contributed by atoms with van der Waals surface area (Å²) < 4.78 is 55.9. The van der Waals surface area contributed by atoms with E-state index in [1.165, 1.54) is 36.4 Å². The molecule has 0 spiro atoms. The molecule has 0 radical (unpaired) electrons. The molecule has 0 fully saturated rings. The molecule has 10 heteroatoms. The third kappa shape index (κ3) is 4.64. The van der Waals surface area contributed by atoms with E-state index in [4.69, 9.17) is 11.6 Å². The van der Waals surface area contributed by atoms with Gasteiger partial charge >= 0.3 is 0 Å². The molecule has 39 heavy (non-hydrogen) atoms. The molecule has 1 aliphatic heterocycles. The van der Waals surface area contributed by atoms with Crippen molar-refractivity contribution in [1.82, 2.24) is 5.32 Å². The highest BCUT2D eigenvalue weighted by Crippen LogP contribution is 2.46. The Morgan fingerprint density at radius 3 is 2.23 bits per heavy atom. The summed E-state index contributed by atoms with van der Waals surface area (Å²) in [4.78, 5) is 27.7. The van der Waals surface area contributed by atoms with Gasteiger partial charge < -0.3 is 15.3 Å². The lowest BCUT2D eigenvalue weighted by Gasteiger charge is -2.24. The standard InChI is InChI=1S/C29H19ClF4N2O3/c30-22-7-4-8-23(32)20(22)15-36-26-11-16(27(37)35-14-19-24(33)12-18(31)13-25(19)34)9-10-21(26)29(39,28(36)38)17-5-2-1-3-6-17/h1-13,39H,14-15H2,(H,35,37). The van der Waals surface area contributed by atoms with Crippen LogP contribution in [0.1, 0.15) is 32.6 Å². The Hall–Kier alpha value is -4.21. The zero-order valence-electron chi connectivity index (χ0n) is 20.0. The molecule has 2 amide bonds. The summed E-state index contributed by atoms with van der Waals surface area (Å²) in [7, 11) is 0. The maximum absolute atomic E-state index is 14.6. The molecular weight excluding hydrogens is 536 g/mol. The first-order valence-corrected chi connectivity index (χ1v) is 12.1. The van der Waals surface area contributed by atoms with Crippen molar-refractivity contribution in [2.24, 2.45) is 0 Å². The minimum Gasteiger partial charge on any atom is -0.372 e. The molecular formula is C29H19ClF4N2O3. The fraction of sp³-hybridized carbons (Fsp3) is 0.103. The molecule has 4 aromatic rings. The second-order valence-corrected chi connectivity index (χ2v) is 9.34. The molecule has 0 aromatic heterocycles. The third-order valence-corrected chi connectivity index (χ3v) is 6.95. The van der Waals surface area contributed by atoms with E-state index in [0.717, 1.165) is 4.90 Å². The Labute approximate surface area is 225 Å². The van der Waals surface area contributed by atoms with E-state index in [0.29, 0.717) is 12.1 Å². The van der Waals surface area contributed by atoms with E-state index in [9.17, 15) is 32.3 Å². The van der Waals surface area contributed by atoms with Crippen molar-refractivity contribution in [2.75, 3.05) is 4.90 Å². The second-order valence-electron chi connectivity index (χ2n) is 8.93. The lowest BCUT2D eigenvalue weighted by atomic mass is 9.87. The number of halogens is 5. The number of hydrogen-bond donors (Lipinski definition) is 2. The first-order valence-electron chi connectivity index (χ1n) is 11.7. The molecule has 5 rings (SSSR count). The van der Waals surface area contributed by atoms with Gasteiger partial charge in [-0.25, -0.2) is 17.6 Å². The highest BCUT2D eigenvalue weighted by atomic mass is 35.5. The van der Waals surface area contributed by atoms with Gasteiger partial charge in [0, 0.05) is 46.0 Å². The van der Waals surface area contributed by atoms with Gasteiger partial charge in [-0.3, -0.25) is 9.59 Å². The molecule has 4 aromatic carbocycles. The van der Waals surface area contributed by atoms with Crippen LogP contribution in [0.15, 0.2) is 78.9 Å². The summed E-state index contributed by atoms with van der Waals surface area (Å²) >= 11 is 6.20. The molecule has 0 saturated carbocycles. The molecule has 0 aliphatic carbocycles. The number of aliphatic hydroxyl groups is 1. The number of nitrogens with one attached hydrogen (secondary N) is 1. The lowest BCUT2D eigenvalue weighted by molar-refractivity contribution is -0.132. The minimum absolute atomic E-state index is 0.00731. The summed E-state index contributed by atoms with van der Waals surface area (Å²) in [6, 6.07) is 17.2. The number of nitrogens with zero attached hydrogens (tertiary/aromatic N) is 1. The van der Waals surface area contributed by atoms with Gasteiger partial charge in [-0.2, -0.15) is 0 Å². The van der Waals surface area contributed by atoms with Gasteiger partial charge in [0.15, 0.2) is 5.60 Å². The van der Waals surface area contributed by atoms with Crippen molar-refractivity contribution < 1.29 is 32.3 Å². The molecule has 0 bridgehead atoms. The van der Waals surface area contributed by atoms with Crippen molar-refractivity contribution in [1.29, 1.82) is 0 Å². The Bertz CT molecular complexity index is 1570. The maximum atomic E-state index is 14.6. The fourth-order valence-electron chi connectivity index (χ4n) is 4.59. The SMILES string of the molecule is O=C(NCc1c(F)cc(F)cc1F)c1ccc2c(c1)N(Cc1c(F)cccc1Cl)C(=O)C2(O)c1ccccc1. The molecule has 198 valence electrons. The van der Waals surface area contributed by atoms with E-state index < -0.39 is 52.8 Å². The number of carbonyl (C=O) groups is 2. The van der Waals surface area contributed by atoms with Crippen molar-refractivity contribution in [3.63, 3.8) is 0 Å². The topological polar surface area (TPSA) is 69.6 Å². The van der Waals surface area contributed by atoms with Crippen LogP contribution < -0.4 is 10.2 Å². The van der Waals surface area contributed by atoms with Crippen molar-refractivity contribution in [2.45, 2.75) is 18.7 Å². The number of benzene rings is 4. The van der Waals surface area contributed by atoms with E-state index in [-0.39, 0.29) is 39.5 Å². The number of rotatable bonds is 6. The Kier molecular flexibility index (Phi) is 6.88. The normalized spacial score (nSPS) is 16.4. The van der Waals surface area contributed by atoms with Crippen LogP contribution in [0, 0.1) is 23.3 Å². The Morgan fingerprint density at radius 1 is 0.872 bits per heavy atom. The van der Waals surface area contributed by atoms with Crippen molar-refractivity contribution in [3.8, 4) is 0 Å². The van der Waals surface area contributed by atoms with Crippen LogP contribution >= 0.6 is 11.6 Å². The average molecular weight is 555 g/mol. The molecule has 2 N–H and O–H groups in total. The highest BCUT2D eigenvalue weighted by Gasteiger charge is 2.51. The van der Waals surface area contributed by atoms with E-state index in [2.05, 4.69) is 5.32 Å². The van der Waals surface area contributed by atoms with Gasteiger partial charge in [0.1, 0.15) is 23.3 Å². The van der Waals surface area contributed by atoms with Crippen LogP contribution in [-0.4, -0.2) is 16.9 Å². The van der Waals surface area contributed by atoms with Crippen molar-refractivity contribution >= 4 is 29.1 Å². The van der Waals surface area contributed by atoms with E-state index in [1.54, 1.807) is 30.3 Å². The predicted molar refractivity (Wildman–Crippen MR) is 136 cm³/mol. The number of fused-ring (bicyclic) bond motifs is 1. The molecule has 0 saturated heterocycles. The Morgan fingerprint density at radius 2 is 1.56 bits per heavy atom. The van der Waals surface area contributed by atoms with Crippen LogP contribution in [0.4, 0.5) is 23.2 Å². The molecule has 1 heterocycles. The zero-order valence-corrected chi connectivity index (χ0v) is 20.8. The first-order chi connectivity index (χ1) is 18.6. The summed E-state index contributed by atoms with van der Waals surface area (Å²) in [6.07, 6.45) is 0. The lowest BCUT2D eigenvalue weighted by Crippen LogP contribution is -2.41. The van der Waals surface area contributed by atoms with Crippen LogP contribution in [0.5, 0.6) is 0 Å². The molecule has 5 nitrogen and oxygen atoms in total. The maximum Gasteiger partial charge on any atom is 0.268 e. The summed E-state index contributed by atoms with van der Waals surface area (Å²) in [5.74, 6) is -5.61. The van der Waals surface area contributed by atoms with Gasteiger partial charge in [0.05, 0.1) is 12.2 Å². The quantitative estimate of drug-likeness (QED) is 0.305. The van der Waals surface area contributed by atoms with Gasteiger partial charge in [0.25, 0.3) is 11.8 Å². The number of hydrogen-bond acceptors (Lipinski definition) is 3. The van der Waals surface area contributed by atoms with Crippen molar-refractivity contribution in [3.05, 3.63) is 135 Å². The van der Waals surface area contributed by atoms with Gasteiger partial charge in [0.2, 0.25) is 0 Å². The molecule has 1 unspecified atom stereocenters. The smallest absolute Gasteiger partial charge is 0.268 e. The van der Waals surface area contributed by atoms with Crippen LogP contribution in [0.25, 0.3) is 0 Å². The molecule has 1 aliphatic rings. The molecule has 1 atom stereocenters. The van der Waals surface area contributed by atoms with Gasteiger partial charge in [-0.15, -0.1) is 0 Å². The minimum atomic E-state index is -2.14. The number of anilines is 1. The van der Waals surface area contributed by atoms with E-state index >= 15 is 0 Å². The summed E-state index contributed by atoms with van der Waals surface area (Å²) in [5.41, 5.74) is -2.13. The largest absolute Gasteiger partial charge is 0.372 e. The second kappa shape index (κ2) is 10.2. The van der Waals surface area contributed by atoms with E-state index in [1.807, 2.05) is 0 Å². The summed E-state index contributed by atoms with van der Waals surface area (Å²) in [6.45, 7) is -0.918. The van der Waals surface area contributed by atoms with Gasteiger partial charge in [-0.1, -0.05) is 54.1 Å². The highest BCUT2D eigenvalue weighted by molar-refractivity contribution is 6.31. The van der Waals surface area contributed by atoms with Crippen LogP contribution in [0.2, 0.25) is 5.02 Å². The van der Waals surface area contributed by atoms with Gasteiger partial charge in [-0.05, 0) is 29.8 Å². The Balaban J connectivity index is 1.53. The summed E-state index contributed by atoms with van der Waals surface area (Å²) in [5, 5.41) is 14.1. The number of carbonyl (C=O) groups excluding carboxylic acids is 2. The number of amides is 2. The van der Waals surface area contributed by atoms with Crippen LogP contribution in [0.3, 0.4) is 0 Å². The zero-order chi connectivity index (χ0) is 27.9. The first kappa shape index (κ1) is 26.4. The average Bonchev–Trinajstić information content (AvgIpc) is 3.12. The van der Waals surface area contributed by atoms with Crippen LogP contribution in [-0.2, 0) is 23.5 Å². The monoisotopic (exact) mass is 554 g/mol. The fourth-order valence-corrected chi connectivity index (χ4v) is 4.81.